The van der Waals surface area contributed by atoms with Crippen LogP contribution >= 0.6 is 0 Å². The van der Waals surface area contributed by atoms with Gasteiger partial charge in [0.25, 0.3) is 0 Å². The molecule has 0 aromatic carbocycles. The van der Waals surface area contributed by atoms with Crippen molar-refractivity contribution in [1.82, 2.24) is 14.3 Å². The van der Waals surface area contributed by atoms with Gasteiger partial charge in [-0.2, -0.15) is 13.2 Å². The quantitative estimate of drug-likeness (QED) is 0.824. The second kappa shape index (κ2) is 4.28. The van der Waals surface area contributed by atoms with E-state index in [-0.39, 0.29) is 5.65 Å². The lowest BCUT2D eigenvalue weighted by Crippen LogP contribution is -2.14. The van der Waals surface area contributed by atoms with Crippen molar-refractivity contribution in [2.24, 2.45) is 0 Å². The Morgan fingerprint density at radius 2 is 2.00 bits per heavy atom. The third-order valence-electron chi connectivity index (χ3n) is 2.72. The summed E-state index contributed by atoms with van der Waals surface area (Å²) in [5.41, 5.74) is 0.680. The van der Waals surface area contributed by atoms with Crippen LogP contribution in [0.2, 0.25) is 0 Å². The van der Waals surface area contributed by atoms with E-state index >= 15 is 0 Å². The molecule has 0 atom stereocenters. The van der Waals surface area contributed by atoms with Crippen molar-refractivity contribution in [1.29, 1.82) is 0 Å². The first-order chi connectivity index (χ1) is 8.30. The van der Waals surface area contributed by atoms with Crippen LogP contribution in [0.3, 0.4) is 0 Å². The molecule has 0 radical (unpaired) electrons. The van der Waals surface area contributed by atoms with Crippen LogP contribution < -0.4 is 0 Å². The van der Waals surface area contributed by atoms with Crippen molar-refractivity contribution in [2.45, 2.75) is 19.6 Å². The van der Waals surface area contributed by atoms with E-state index in [4.69, 9.17) is 0 Å². The predicted molar refractivity (Wildman–Crippen MR) is 62.3 cm³/mol. The lowest BCUT2D eigenvalue weighted by Gasteiger charge is -2.11. The summed E-state index contributed by atoms with van der Waals surface area (Å²) in [6, 6.07) is 2.46. The van der Waals surface area contributed by atoms with Gasteiger partial charge in [0.05, 0.1) is 17.0 Å². The topological polar surface area (TPSA) is 20.5 Å². The molecule has 0 spiro atoms. The highest BCUT2D eigenvalue weighted by Crippen LogP contribution is 2.32. The van der Waals surface area contributed by atoms with E-state index in [0.29, 0.717) is 12.2 Å². The molecule has 2 heterocycles. The summed E-state index contributed by atoms with van der Waals surface area (Å²) in [7, 11) is 3.74. The molecular weight excluding hydrogens is 243 g/mol. The molecular formula is C12H14F3N3. The van der Waals surface area contributed by atoms with E-state index in [1.54, 1.807) is 13.1 Å². The number of aryl methyl sites for hydroxylation is 1. The summed E-state index contributed by atoms with van der Waals surface area (Å²) in [6.45, 7) is 2.28. The average molecular weight is 257 g/mol. The predicted octanol–water partition coefficient (Wildman–Crippen LogP) is 2.72. The van der Waals surface area contributed by atoms with E-state index in [2.05, 4.69) is 4.98 Å². The molecule has 0 bridgehead atoms. The van der Waals surface area contributed by atoms with Crippen molar-refractivity contribution >= 4 is 5.65 Å². The minimum atomic E-state index is -4.38. The van der Waals surface area contributed by atoms with E-state index in [1.807, 2.05) is 19.0 Å². The number of nitrogens with zero attached hydrogens (tertiary/aromatic N) is 3. The van der Waals surface area contributed by atoms with Gasteiger partial charge < -0.3 is 9.30 Å². The fraction of sp³-hybridized carbons (Fsp3) is 0.417. The van der Waals surface area contributed by atoms with Crippen LogP contribution in [-0.2, 0) is 12.7 Å². The van der Waals surface area contributed by atoms with Gasteiger partial charge in [-0.15, -0.1) is 0 Å². The highest BCUT2D eigenvalue weighted by molar-refractivity contribution is 5.52. The third-order valence-corrected chi connectivity index (χ3v) is 2.72. The normalized spacial score (nSPS) is 12.6. The molecule has 2 rings (SSSR count). The fourth-order valence-corrected chi connectivity index (χ4v) is 1.94. The van der Waals surface area contributed by atoms with Crippen LogP contribution in [0, 0.1) is 6.92 Å². The fourth-order valence-electron chi connectivity index (χ4n) is 1.94. The first-order valence-corrected chi connectivity index (χ1v) is 5.49. The summed E-state index contributed by atoms with van der Waals surface area (Å²) in [6.07, 6.45) is -2.76. The number of fused-ring (bicyclic) bond motifs is 1. The lowest BCUT2D eigenvalue weighted by atomic mass is 10.2. The Hall–Kier alpha value is -1.56. The van der Waals surface area contributed by atoms with Gasteiger partial charge >= 0.3 is 6.18 Å². The molecule has 0 N–H and O–H groups in total. The summed E-state index contributed by atoms with van der Waals surface area (Å²) < 4.78 is 40.1. The van der Waals surface area contributed by atoms with E-state index in [9.17, 15) is 13.2 Å². The highest BCUT2D eigenvalue weighted by Gasteiger charge is 2.34. The second-order valence-electron chi connectivity index (χ2n) is 4.49. The molecule has 0 saturated carbocycles. The zero-order valence-electron chi connectivity index (χ0n) is 10.4. The van der Waals surface area contributed by atoms with Crippen molar-refractivity contribution in [3.05, 3.63) is 35.3 Å². The maximum atomic E-state index is 12.9. The number of alkyl halides is 3. The molecule has 0 aliphatic rings. The SMILES string of the molecule is Cc1nc2c(C(F)(F)F)cccn2c1CN(C)C. The van der Waals surface area contributed by atoms with Gasteiger partial charge in [0.1, 0.15) is 5.65 Å². The van der Waals surface area contributed by atoms with Crippen LogP contribution in [0.1, 0.15) is 17.0 Å². The standard InChI is InChI=1S/C12H14F3N3/c1-8-10(7-17(2)3)18-6-4-5-9(11(18)16-8)12(13,14)15/h4-6H,7H2,1-3H3. The Labute approximate surface area is 103 Å². The molecule has 3 nitrogen and oxygen atoms in total. The third kappa shape index (κ3) is 2.20. The zero-order chi connectivity index (χ0) is 13.5. The van der Waals surface area contributed by atoms with Crippen LogP contribution in [0.25, 0.3) is 5.65 Å². The highest BCUT2D eigenvalue weighted by atomic mass is 19.4. The first kappa shape index (κ1) is 12.9. The summed E-state index contributed by atoms with van der Waals surface area (Å²) in [5, 5.41) is 0. The Morgan fingerprint density at radius 1 is 1.33 bits per heavy atom. The molecule has 2 aromatic heterocycles. The van der Waals surface area contributed by atoms with Gasteiger partial charge in [0, 0.05) is 12.7 Å². The Morgan fingerprint density at radius 3 is 2.56 bits per heavy atom. The molecule has 0 amide bonds. The molecule has 2 aromatic rings. The molecule has 6 heteroatoms. The van der Waals surface area contributed by atoms with Crippen molar-refractivity contribution in [2.75, 3.05) is 14.1 Å². The molecule has 0 aliphatic heterocycles. The molecule has 18 heavy (non-hydrogen) atoms. The van der Waals surface area contributed by atoms with Gasteiger partial charge in [-0.25, -0.2) is 4.98 Å². The van der Waals surface area contributed by atoms with Crippen LogP contribution in [-0.4, -0.2) is 28.4 Å². The van der Waals surface area contributed by atoms with E-state index < -0.39 is 11.7 Å². The number of halogens is 3. The summed E-state index contributed by atoms with van der Waals surface area (Å²) in [4.78, 5) is 5.95. The number of rotatable bonds is 2. The number of pyridine rings is 1. The second-order valence-corrected chi connectivity index (χ2v) is 4.49. The summed E-state index contributed by atoms with van der Waals surface area (Å²) >= 11 is 0. The number of imidazole rings is 1. The molecule has 0 aliphatic carbocycles. The van der Waals surface area contributed by atoms with E-state index in [1.165, 1.54) is 10.5 Å². The lowest BCUT2D eigenvalue weighted by molar-refractivity contribution is -0.136. The number of aromatic nitrogens is 2. The zero-order valence-corrected chi connectivity index (χ0v) is 10.4. The van der Waals surface area contributed by atoms with Gasteiger partial charge in [0.2, 0.25) is 0 Å². The average Bonchev–Trinajstić information content (AvgIpc) is 2.53. The smallest absolute Gasteiger partial charge is 0.304 e. The van der Waals surface area contributed by atoms with Gasteiger partial charge in [-0.05, 0) is 33.2 Å². The Bertz CT molecular complexity index is 570. The van der Waals surface area contributed by atoms with E-state index in [0.717, 1.165) is 11.8 Å². The molecule has 98 valence electrons. The van der Waals surface area contributed by atoms with Gasteiger partial charge in [-0.1, -0.05) is 0 Å². The minimum Gasteiger partial charge on any atom is -0.304 e. The largest absolute Gasteiger partial charge is 0.419 e. The Kier molecular flexibility index (Phi) is 3.06. The van der Waals surface area contributed by atoms with Crippen LogP contribution in [0.4, 0.5) is 13.2 Å². The van der Waals surface area contributed by atoms with Gasteiger partial charge in [0.15, 0.2) is 0 Å². The Balaban J connectivity index is 2.67. The number of hydrogen-bond donors (Lipinski definition) is 0. The molecule has 0 saturated heterocycles. The first-order valence-electron chi connectivity index (χ1n) is 5.49. The number of hydrogen-bond acceptors (Lipinski definition) is 2. The maximum Gasteiger partial charge on any atom is 0.419 e. The monoisotopic (exact) mass is 257 g/mol. The summed E-state index contributed by atoms with van der Waals surface area (Å²) in [5.74, 6) is 0. The molecule has 0 fully saturated rings. The molecule has 0 unspecified atom stereocenters. The minimum absolute atomic E-state index is 0.0284. The van der Waals surface area contributed by atoms with Crippen LogP contribution in [0.15, 0.2) is 18.3 Å². The van der Waals surface area contributed by atoms with Crippen molar-refractivity contribution in [3.63, 3.8) is 0 Å². The van der Waals surface area contributed by atoms with Crippen LogP contribution in [0.5, 0.6) is 0 Å². The van der Waals surface area contributed by atoms with Crippen molar-refractivity contribution in [3.8, 4) is 0 Å². The van der Waals surface area contributed by atoms with Crippen molar-refractivity contribution < 1.29 is 13.2 Å². The maximum absolute atomic E-state index is 12.9. The van der Waals surface area contributed by atoms with Gasteiger partial charge in [-0.3, -0.25) is 0 Å².